The molecule has 0 aromatic heterocycles. The van der Waals surface area contributed by atoms with Crippen LogP contribution in [-0.4, -0.2) is 8.32 Å². The van der Waals surface area contributed by atoms with Gasteiger partial charge in [-0.1, -0.05) is 54.9 Å². The van der Waals surface area contributed by atoms with Crippen molar-refractivity contribution in [2.75, 3.05) is 0 Å². The quantitative estimate of drug-likeness (QED) is 0.666. The Balaban J connectivity index is 2.87. The largest absolute Gasteiger partial charge is 0.410 e. The highest BCUT2D eigenvalue weighted by Gasteiger charge is 2.38. The lowest BCUT2D eigenvalue weighted by atomic mass is 10.1. The van der Waals surface area contributed by atoms with E-state index in [0.717, 1.165) is 4.47 Å². The van der Waals surface area contributed by atoms with Gasteiger partial charge in [-0.05, 0) is 36.7 Å². The standard InChI is InChI=1S/C14H23BrOSi/c1-11(12-9-7-8-10-13(12)15)16-17(5,6)14(2,3)4/h7-11H,1-6H3/t11-/m0/s1. The van der Waals surface area contributed by atoms with Crippen LogP contribution in [0.5, 0.6) is 0 Å². The highest BCUT2D eigenvalue weighted by molar-refractivity contribution is 9.10. The van der Waals surface area contributed by atoms with Crippen molar-refractivity contribution in [1.29, 1.82) is 0 Å². The molecule has 17 heavy (non-hydrogen) atoms. The molecule has 0 amide bonds. The van der Waals surface area contributed by atoms with Gasteiger partial charge in [-0.15, -0.1) is 0 Å². The molecule has 0 aliphatic carbocycles. The van der Waals surface area contributed by atoms with Gasteiger partial charge >= 0.3 is 0 Å². The van der Waals surface area contributed by atoms with E-state index in [4.69, 9.17) is 4.43 Å². The van der Waals surface area contributed by atoms with Gasteiger partial charge in [0, 0.05) is 4.47 Å². The minimum atomic E-state index is -1.69. The van der Waals surface area contributed by atoms with Crippen LogP contribution in [0.3, 0.4) is 0 Å². The van der Waals surface area contributed by atoms with E-state index in [9.17, 15) is 0 Å². The zero-order valence-electron chi connectivity index (χ0n) is 11.7. The summed E-state index contributed by atoms with van der Waals surface area (Å²) in [5, 5.41) is 0.252. The van der Waals surface area contributed by atoms with E-state index in [2.05, 4.69) is 74.9 Å². The molecular weight excluding hydrogens is 292 g/mol. The van der Waals surface area contributed by atoms with Crippen LogP contribution in [-0.2, 0) is 4.43 Å². The lowest BCUT2D eigenvalue weighted by Crippen LogP contribution is -2.41. The van der Waals surface area contributed by atoms with E-state index in [1.807, 2.05) is 6.07 Å². The van der Waals surface area contributed by atoms with E-state index >= 15 is 0 Å². The van der Waals surface area contributed by atoms with E-state index in [1.54, 1.807) is 0 Å². The Morgan fingerprint density at radius 3 is 2.18 bits per heavy atom. The van der Waals surface area contributed by atoms with E-state index in [1.165, 1.54) is 5.56 Å². The summed E-state index contributed by atoms with van der Waals surface area (Å²) in [5.41, 5.74) is 1.23. The lowest BCUT2D eigenvalue weighted by Gasteiger charge is -2.38. The van der Waals surface area contributed by atoms with Crippen LogP contribution in [0.25, 0.3) is 0 Å². The highest BCUT2D eigenvalue weighted by Crippen LogP contribution is 2.40. The molecule has 0 unspecified atom stereocenters. The molecule has 0 radical (unpaired) electrons. The van der Waals surface area contributed by atoms with Gasteiger partial charge in [0.2, 0.25) is 0 Å². The molecular formula is C14H23BrOSi. The molecule has 0 saturated carbocycles. The molecule has 0 saturated heterocycles. The summed E-state index contributed by atoms with van der Waals surface area (Å²) in [5.74, 6) is 0. The maximum Gasteiger partial charge on any atom is 0.192 e. The van der Waals surface area contributed by atoms with Crippen molar-refractivity contribution in [1.82, 2.24) is 0 Å². The summed E-state index contributed by atoms with van der Waals surface area (Å²) < 4.78 is 7.51. The third-order valence-corrected chi connectivity index (χ3v) is 8.90. The molecule has 0 spiro atoms. The monoisotopic (exact) mass is 314 g/mol. The average Bonchev–Trinajstić information content (AvgIpc) is 2.15. The molecule has 0 fully saturated rings. The third kappa shape index (κ3) is 3.67. The summed E-state index contributed by atoms with van der Waals surface area (Å²) in [6.07, 6.45) is 0.145. The number of rotatable bonds is 3. The molecule has 3 heteroatoms. The van der Waals surface area contributed by atoms with Crippen LogP contribution in [0.4, 0.5) is 0 Å². The first-order valence-electron chi connectivity index (χ1n) is 6.07. The molecule has 0 bridgehead atoms. The first-order valence-corrected chi connectivity index (χ1v) is 9.77. The van der Waals surface area contributed by atoms with Crippen LogP contribution in [0.15, 0.2) is 28.7 Å². The maximum atomic E-state index is 6.38. The Kier molecular flexibility index (Phi) is 4.61. The van der Waals surface area contributed by atoms with Crippen molar-refractivity contribution in [3.05, 3.63) is 34.3 Å². The van der Waals surface area contributed by atoms with Crippen molar-refractivity contribution in [3.8, 4) is 0 Å². The second-order valence-corrected chi connectivity index (χ2v) is 11.7. The van der Waals surface area contributed by atoms with Gasteiger partial charge in [-0.25, -0.2) is 0 Å². The fourth-order valence-electron chi connectivity index (χ4n) is 1.49. The Hall–Kier alpha value is -0.123. The summed E-state index contributed by atoms with van der Waals surface area (Å²) in [6.45, 7) is 13.5. The minimum Gasteiger partial charge on any atom is -0.410 e. The minimum absolute atomic E-state index is 0.145. The van der Waals surface area contributed by atoms with Crippen LogP contribution < -0.4 is 0 Å². The van der Waals surface area contributed by atoms with Crippen LogP contribution >= 0.6 is 15.9 Å². The fraction of sp³-hybridized carbons (Fsp3) is 0.571. The Labute approximate surface area is 115 Å². The van der Waals surface area contributed by atoms with Gasteiger partial charge in [0.05, 0.1) is 6.10 Å². The first kappa shape index (κ1) is 14.9. The van der Waals surface area contributed by atoms with E-state index in [0.29, 0.717) is 0 Å². The van der Waals surface area contributed by atoms with Crippen molar-refractivity contribution >= 4 is 24.2 Å². The molecule has 1 nitrogen and oxygen atoms in total. The molecule has 1 aromatic rings. The SMILES string of the molecule is C[C@H](O[Si](C)(C)C(C)(C)C)c1ccccc1Br. The molecule has 1 aromatic carbocycles. The predicted molar refractivity (Wildman–Crippen MR) is 80.8 cm³/mol. The van der Waals surface area contributed by atoms with Crippen LogP contribution in [0, 0.1) is 0 Å². The number of halogens is 1. The van der Waals surface area contributed by atoms with Gasteiger partial charge in [-0.2, -0.15) is 0 Å². The molecule has 96 valence electrons. The Morgan fingerprint density at radius 1 is 1.18 bits per heavy atom. The summed E-state index contributed by atoms with van der Waals surface area (Å²) in [7, 11) is -1.69. The second-order valence-electron chi connectivity index (χ2n) is 6.04. The predicted octanol–water partition coefficient (Wildman–Crippen LogP) is 5.53. The summed E-state index contributed by atoms with van der Waals surface area (Å²) in [6, 6.07) is 8.29. The number of hydrogen-bond acceptors (Lipinski definition) is 1. The van der Waals surface area contributed by atoms with Crippen LogP contribution in [0.2, 0.25) is 18.1 Å². The Morgan fingerprint density at radius 2 is 1.71 bits per heavy atom. The molecule has 1 rings (SSSR count). The van der Waals surface area contributed by atoms with Crippen molar-refractivity contribution in [2.24, 2.45) is 0 Å². The maximum absolute atomic E-state index is 6.38. The fourth-order valence-corrected chi connectivity index (χ4v) is 3.46. The number of benzene rings is 1. The van der Waals surface area contributed by atoms with Crippen LogP contribution in [0.1, 0.15) is 39.4 Å². The molecule has 0 N–H and O–H groups in total. The third-order valence-electron chi connectivity index (χ3n) is 3.62. The van der Waals surface area contributed by atoms with E-state index < -0.39 is 8.32 Å². The lowest BCUT2D eigenvalue weighted by molar-refractivity contribution is 0.202. The summed E-state index contributed by atoms with van der Waals surface area (Å²) in [4.78, 5) is 0. The van der Waals surface area contributed by atoms with Gasteiger partial charge in [0.15, 0.2) is 8.32 Å². The van der Waals surface area contributed by atoms with Gasteiger partial charge < -0.3 is 4.43 Å². The first-order chi connectivity index (χ1) is 7.65. The highest BCUT2D eigenvalue weighted by atomic mass is 79.9. The van der Waals surface area contributed by atoms with Gasteiger partial charge in [0.1, 0.15) is 0 Å². The molecule has 1 atom stereocenters. The summed E-state index contributed by atoms with van der Waals surface area (Å²) >= 11 is 3.59. The van der Waals surface area contributed by atoms with Gasteiger partial charge in [0.25, 0.3) is 0 Å². The topological polar surface area (TPSA) is 9.23 Å². The molecule has 0 heterocycles. The zero-order chi connectivity index (χ0) is 13.3. The Bertz CT molecular complexity index is 382. The van der Waals surface area contributed by atoms with E-state index in [-0.39, 0.29) is 11.1 Å². The normalized spacial score (nSPS) is 14.8. The smallest absolute Gasteiger partial charge is 0.192 e. The second kappa shape index (κ2) is 5.25. The zero-order valence-corrected chi connectivity index (χ0v) is 14.3. The molecule has 0 aliphatic rings. The van der Waals surface area contributed by atoms with Crippen molar-refractivity contribution in [3.63, 3.8) is 0 Å². The van der Waals surface area contributed by atoms with Crippen molar-refractivity contribution in [2.45, 2.75) is 51.9 Å². The average molecular weight is 315 g/mol. The molecule has 0 aliphatic heterocycles. The van der Waals surface area contributed by atoms with Crippen molar-refractivity contribution < 1.29 is 4.43 Å². The number of hydrogen-bond donors (Lipinski definition) is 0. The van der Waals surface area contributed by atoms with Gasteiger partial charge in [-0.3, -0.25) is 0 Å².